The first kappa shape index (κ1) is 22.1. The first-order valence-corrected chi connectivity index (χ1v) is 12.7. The summed E-state index contributed by atoms with van der Waals surface area (Å²) in [5.41, 5.74) is 1.53. The second-order valence-corrected chi connectivity index (χ2v) is 10.3. The van der Waals surface area contributed by atoms with Gasteiger partial charge in [-0.15, -0.1) is 0 Å². The van der Waals surface area contributed by atoms with Crippen molar-refractivity contribution in [2.75, 3.05) is 18.8 Å². The van der Waals surface area contributed by atoms with E-state index < -0.39 is 10.0 Å². The molecular weight excluding hydrogens is 408 g/mol. The molecule has 1 saturated heterocycles. The van der Waals surface area contributed by atoms with Gasteiger partial charge in [0.1, 0.15) is 0 Å². The number of aryl methyl sites for hydroxylation is 1. The molecule has 1 unspecified atom stereocenters. The molecule has 2 aromatic rings. The fourth-order valence-electron chi connectivity index (χ4n) is 3.47. The van der Waals surface area contributed by atoms with E-state index in [4.69, 9.17) is 0 Å². The molecule has 29 heavy (non-hydrogen) atoms. The van der Waals surface area contributed by atoms with Gasteiger partial charge in [-0.3, -0.25) is 4.79 Å². The molecule has 160 valence electrons. The molecule has 1 amide bonds. The number of nitrogens with zero attached hydrogens (tertiary/aromatic N) is 3. The Morgan fingerprint density at radius 3 is 2.62 bits per heavy atom. The molecule has 0 bridgehead atoms. The minimum atomic E-state index is -3.49. The summed E-state index contributed by atoms with van der Waals surface area (Å²) in [6, 6.07) is 5.31. The zero-order chi connectivity index (χ0) is 21.0. The highest BCUT2D eigenvalue weighted by molar-refractivity contribution is 7.99. The number of nitrogens with one attached hydrogen (secondary N) is 1. The van der Waals surface area contributed by atoms with Crippen molar-refractivity contribution in [3.63, 3.8) is 0 Å². The third-order valence-electron chi connectivity index (χ3n) is 5.31. The molecule has 0 spiro atoms. The SMILES string of the molecule is CCC(C)NC(=O)CSc1nc2cc(S(=O)(=O)N3CCCCC3)ccc2n1CC. The topological polar surface area (TPSA) is 84.3 Å². The van der Waals surface area contributed by atoms with Gasteiger partial charge in [-0.25, -0.2) is 13.4 Å². The van der Waals surface area contributed by atoms with Gasteiger partial charge < -0.3 is 9.88 Å². The van der Waals surface area contributed by atoms with Crippen molar-refractivity contribution in [2.45, 2.75) is 69.1 Å². The molecule has 0 aliphatic carbocycles. The summed E-state index contributed by atoms with van der Waals surface area (Å²) in [5, 5.41) is 3.69. The summed E-state index contributed by atoms with van der Waals surface area (Å²) in [6.07, 6.45) is 3.78. The molecule has 1 N–H and O–H groups in total. The number of benzene rings is 1. The zero-order valence-electron chi connectivity index (χ0n) is 17.3. The maximum atomic E-state index is 13.0. The van der Waals surface area contributed by atoms with Gasteiger partial charge >= 0.3 is 0 Å². The van der Waals surface area contributed by atoms with Gasteiger partial charge in [0.2, 0.25) is 15.9 Å². The number of thioether (sulfide) groups is 1. The number of fused-ring (bicyclic) bond motifs is 1. The van der Waals surface area contributed by atoms with Gasteiger partial charge in [0.25, 0.3) is 0 Å². The van der Waals surface area contributed by atoms with Crippen LogP contribution in [0.25, 0.3) is 11.0 Å². The molecule has 0 saturated carbocycles. The standard InChI is InChI=1S/C20H30N4O3S2/c1-4-15(3)21-19(25)14-28-20-22-17-13-16(9-10-18(17)24(20)5-2)29(26,27)23-11-7-6-8-12-23/h9-10,13,15H,4-8,11-12,14H2,1-3H3,(H,21,25). The van der Waals surface area contributed by atoms with Crippen molar-refractivity contribution in [2.24, 2.45) is 0 Å². The Morgan fingerprint density at radius 1 is 1.24 bits per heavy atom. The molecule has 1 aromatic heterocycles. The van der Waals surface area contributed by atoms with Crippen LogP contribution in [0.4, 0.5) is 0 Å². The lowest BCUT2D eigenvalue weighted by Crippen LogP contribution is -2.35. The number of aromatic nitrogens is 2. The number of sulfonamides is 1. The molecule has 2 heterocycles. The Bertz CT molecular complexity index is 966. The van der Waals surface area contributed by atoms with Gasteiger partial charge in [0.05, 0.1) is 21.7 Å². The minimum absolute atomic E-state index is 0.0209. The average molecular weight is 439 g/mol. The Balaban J connectivity index is 1.83. The Morgan fingerprint density at radius 2 is 1.97 bits per heavy atom. The van der Waals surface area contributed by atoms with Crippen molar-refractivity contribution < 1.29 is 13.2 Å². The number of imidazole rings is 1. The Hall–Kier alpha value is -1.58. The van der Waals surface area contributed by atoms with Gasteiger partial charge in [0.15, 0.2) is 5.16 Å². The number of amides is 1. The monoisotopic (exact) mass is 438 g/mol. The van der Waals surface area contributed by atoms with E-state index in [0.717, 1.165) is 36.4 Å². The van der Waals surface area contributed by atoms with Crippen molar-refractivity contribution >= 4 is 38.7 Å². The van der Waals surface area contributed by atoms with Crippen LogP contribution in [-0.4, -0.2) is 53.1 Å². The maximum Gasteiger partial charge on any atom is 0.243 e. The van der Waals surface area contributed by atoms with E-state index in [1.54, 1.807) is 16.4 Å². The molecule has 7 nitrogen and oxygen atoms in total. The Kier molecular flexibility index (Phi) is 7.23. The zero-order valence-corrected chi connectivity index (χ0v) is 19.0. The lowest BCUT2D eigenvalue weighted by Gasteiger charge is -2.25. The highest BCUT2D eigenvalue weighted by Gasteiger charge is 2.26. The van der Waals surface area contributed by atoms with E-state index in [9.17, 15) is 13.2 Å². The highest BCUT2D eigenvalue weighted by Crippen LogP contribution is 2.28. The molecule has 1 atom stereocenters. The minimum Gasteiger partial charge on any atom is -0.353 e. The molecule has 1 aromatic carbocycles. The lowest BCUT2D eigenvalue weighted by molar-refractivity contribution is -0.119. The number of hydrogen-bond acceptors (Lipinski definition) is 5. The molecular formula is C20H30N4O3S2. The number of hydrogen-bond donors (Lipinski definition) is 1. The van der Waals surface area contributed by atoms with Crippen LogP contribution in [0.1, 0.15) is 46.5 Å². The summed E-state index contributed by atoms with van der Waals surface area (Å²) in [6.45, 7) is 7.89. The summed E-state index contributed by atoms with van der Waals surface area (Å²) >= 11 is 1.38. The lowest BCUT2D eigenvalue weighted by atomic mass is 10.2. The van der Waals surface area contributed by atoms with Crippen LogP contribution in [0.2, 0.25) is 0 Å². The first-order valence-electron chi connectivity index (χ1n) is 10.3. The van der Waals surface area contributed by atoms with E-state index in [1.165, 1.54) is 11.8 Å². The summed E-state index contributed by atoms with van der Waals surface area (Å²) < 4.78 is 29.5. The maximum absolute atomic E-state index is 13.0. The van der Waals surface area contributed by atoms with Crippen molar-refractivity contribution in [3.05, 3.63) is 18.2 Å². The predicted molar refractivity (Wildman–Crippen MR) is 117 cm³/mol. The van der Waals surface area contributed by atoms with Crippen molar-refractivity contribution in [1.82, 2.24) is 19.2 Å². The van der Waals surface area contributed by atoms with E-state index in [-0.39, 0.29) is 17.7 Å². The number of rotatable bonds is 8. The van der Waals surface area contributed by atoms with E-state index in [1.807, 2.05) is 31.4 Å². The van der Waals surface area contributed by atoms with Crippen LogP contribution in [0.5, 0.6) is 0 Å². The summed E-state index contributed by atoms with van der Waals surface area (Å²) in [4.78, 5) is 17.0. The highest BCUT2D eigenvalue weighted by atomic mass is 32.2. The van der Waals surface area contributed by atoms with Crippen LogP contribution in [-0.2, 0) is 21.4 Å². The quantitative estimate of drug-likeness (QED) is 0.640. The van der Waals surface area contributed by atoms with Crippen LogP contribution < -0.4 is 5.32 Å². The van der Waals surface area contributed by atoms with Crippen molar-refractivity contribution in [3.8, 4) is 0 Å². The Labute approximate surface area is 177 Å². The van der Waals surface area contributed by atoms with Crippen LogP contribution in [0, 0.1) is 0 Å². The van der Waals surface area contributed by atoms with Gasteiger partial charge in [-0.05, 0) is 51.3 Å². The normalized spacial score (nSPS) is 16.8. The van der Waals surface area contributed by atoms with E-state index in [0.29, 0.717) is 30.0 Å². The summed E-state index contributed by atoms with van der Waals surface area (Å²) in [7, 11) is -3.49. The predicted octanol–water partition coefficient (Wildman–Crippen LogP) is 3.24. The fourth-order valence-corrected chi connectivity index (χ4v) is 5.89. The second kappa shape index (κ2) is 9.49. The molecule has 1 aliphatic heterocycles. The number of carbonyl (C=O) groups excluding carboxylic acids is 1. The van der Waals surface area contributed by atoms with E-state index in [2.05, 4.69) is 10.3 Å². The second-order valence-electron chi connectivity index (χ2n) is 7.42. The number of carbonyl (C=O) groups is 1. The third-order valence-corrected chi connectivity index (χ3v) is 8.18. The van der Waals surface area contributed by atoms with Gasteiger partial charge in [-0.2, -0.15) is 4.31 Å². The first-order chi connectivity index (χ1) is 13.9. The molecule has 3 rings (SSSR count). The largest absolute Gasteiger partial charge is 0.353 e. The van der Waals surface area contributed by atoms with Crippen molar-refractivity contribution in [1.29, 1.82) is 0 Å². The van der Waals surface area contributed by atoms with Gasteiger partial charge in [-0.1, -0.05) is 25.1 Å². The third kappa shape index (κ3) is 4.95. The van der Waals surface area contributed by atoms with Crippen LogP contribution in [0.15, 0.2) is 28.3 Å². The number of piperidine rings is 1. The average Bonchev–Trinajstić information content (AvgIpc) is 3.09. The fraction of sp³-hybridized carbons (Fsp3) is 0.600. The molecule has 0 radical (unpaired) electrons. The van der Waals surface area contributed by atoms with Crippen LogP contribution >= 0.6 is 11.8 Å². The summed E-state index contributed by atoms with van der Waals surface area (Å²) in [5.74, 6) is 0.263. The van der Waals surface area contributed by atoms with Crippen LogP contribution in [0.3, 0.4) is 0 Å². The molecule has 1 fully saturated rings. The van der Waals surface area contributed by atoms with E-state index >= 15 is 0 Å². The molecule has 1 aliphatic rings. The smallest absolute Gasteiger partial charge is 0.243 e. The van der Waals surface area contributed by atoms with Gasteiger partial charge in [0, 0.05) is 25.7 Å². The molecule has 9 heteroatoms.